The molecule has 0 saturated carbocycles. The Morgan fingerprint density at radius 1 is 1.44 bits per heavy atom. The number of hydrogen-bond acceptors (Lipinski definition) is 3. The average molecular weight is 252 g/mol. The molecule has 3 nitrogen and oxygen atoms in total. The molecular weight excluding hydrogens is 228 g/mol. The van der Waals surface area contributed by atoms with Crippen LogP contribution in [0.4, 0.5) is 0 Å². The Bertz CT molecular complexity index is 353. The van der Waals surface area contributed by atoms with Gasteiger partial charge in [-0.2, -0.15) is 0 Å². The van der Waals surface area contributed by atoms with E-state index in [1.165, 1.54) is 12.5 Å². The minimum Gasteiger partial charge on any atom is -0.457 e. The van der Waals surface area contributed by atoms with Gasteiger partial charge in [-0.05, 0) is 43.6 Å². The first-order valence-electron chi connectivity index (χ1n) is 6.72. The quantitative estimate of drug-likeness (QED) is 0.437. The third kappa shape index (κ3) is 4.63. The number of ketones is 1. The zero-order chi connectivity index (χ0) is 13.8. The molecule has 1 rings (SSSR count). The molecule has 0 spiro atoms. The summed E-state index contributed by atoms with van der Waals surface area (Å²) in [6.45, 7) is 7.89. The van der Waals surface area contributed by atoms with Gasteiger partial charge in [-0.25, -0.2) is 0 Å². The molecule has 3 heteroatoms. The van der Waals surface area contributed by atoms with Gasteiger partial charge in [0.05, 0.1) is 0 Å². The number of allylic oxidation sites excluding steroid dienone is 1. The molecule has 18 heavy (non-hydrogen) atoms. The van der Waals surface area contributed by atoms with Gasteiger partial charge in [-0.3, -0.25) is 9.59 Å². The normalized spacial score (nSPS) is 22.9. The van der Waals surface area contributed by atoms with Gasteiger partial charge >= 0.3 is 5.97 Å². The maximum atomic E-state index is 11.6. The highest BCUT2D eigenvalue weighted by molar-refractivity contribution is 5.94. The van der Waals surface area contributed by atoms with E-state index in [4.69, 9.17) is 4.74 Å². The van der Waals surface area contributed by atoms with Crippen LogP contribution in [0.15, 0.2) is 11.6 Å². The molecule has 1 atom stereocenters. The minimum absolute atomic E-state index is 0.117. The lowest BCUT2D eigenvalue weighted by molar-refractivity contribution is -0.150. The maximum absolute atomic E-state index is 11.6. The van der Waals surface area contributed by atoms with Crippen LogP contribution in [0.1, 0.15) is 59.8 Å². The number of carbonyl (C=O) groups excluding carboxylic acids is 2. The van der Waals surface area contributed by atoms with E-state index in [0.717, 1.165) is 25.7 Å². The van der Waals surface area contributed by atoms with Crippen molar-refractivity contribution in [1.82, 2.24) is 0 Å². The molecule has 0 aromatic rings. The summed E-state index contributed by atoms with van der Waals surface area (Å²) >= 11 is 0. The predicted molar refractivity (Wildman–Crippen MR) is 71.2 cm³/mol. The molecule has 1 aliphatic carbocycles. The Balaban J connectivity index is 2.73. The second-order valence-electron chi connectivity index (χ2n) is 5.90. The average Bonchev–Trinajstić information content (AvgIpc) is 2.34. The fourth-order valence-electron chi connectivity index (χ4n) is 2.41. The number of esters is 1. The monoisotopic (exact) mass is 252 g/mol. The summed E-state index contributed by atoms with van der Waals surface area (Å²) in [5.41, 5.74) is 1.37. The van der Waals surface area contributed by atoms with Crippen molar-refractivity contribution in [1.29, 1.82) is 0 Å². The first-order valence-corrected chi connectivity index (χ1v) is 6.72. The molecule has 0 amide bonds. The Labute approximate surface area is 110 Å². The topological polar surface area (TPSA) is 43.4 Å². The van der Waals surface area contributed by atoms with Crippen molar-refractivity contribution < 1.29 is 14.3 Å². The largest absolute Gasteiger partial charge is 0.457 e. The molecular formula is C15H24O3. The van der Waals surface area contributed by atoms with Crippen LogP contribution >= 0.6 is 0 Å². The third-order valence-corrected chi connectivity index (χ3v) is 3.45. The van der Waals surface area contributed by atoms with Crippen LogP contribution in [0.2, 0.25) is 0 Å². The smallest absolute Gasteiger partial charge is 0.313 e. The lowest BCUT2D eigenvalue weighted by Crippen LogP contribution is -2.26. The van der Waals surface area contributed by atoms with Crippen LogP contribution in [0.5, 0.6) is 0 Å². The molecule has 1 aliphatic rings. The number of carbonyl (C=O) groups is 2. The van der Waals surface area contributed by atoms with E-state index in [0.29, 0.717) is 0 Å². The molecule has 0 aromatic carbocycles. The van der Waals surface area contributed by atoms with Crippen molar-refractivity contribution in [3.63, 3.8) is 0 Å². The molecule has 0 N–H and O–H groups in total. The lowest BCUT2D eigenvalue weighted by Gasteiger charge is -2.28. The third-order valence-electron chi connectivity index (χ3n) is 3.45. The molecule has 1 unspecified atom stereocenters. The van der Waals surface area contributed by atoms with E-state index in [9.17, 15) is 9.59 Å². The molecule has 0 radical (unpaired) electrons. The SMILES string of the molecule is CCC1=CCCC(C)(C)CC1OC(=O)CC(C)=O. The highest BCUT2D eigenvalue weighted by Gasteiger charge is 2.29. The number of ether oxygens (including phenoxy) is 1. The molecule has 0 saturated heterocycles. The van der Waals surface area contributed by atoms with E-state index < -0.39 is 5.97 Å². The fraction of sp³-hybridized carbons (Fsp3) is 0.733. The van der Waals surface area contributed by atoms with Gasteiger partial charge in [0.15, 0.2) is 0 Å². The van der Waals surface area contributed by atoms with Gasteiger partial charge in [0, 0.05) is 0 Å². The van der Waals surface area contributed by atoms with E-state index in [-0.39, 0.29) is 23.7 Å². The van der Waals surface area contributed by atoms with Gasteiger partial charge in [-0.15, -0.1) is 0 Å². The molecule has 0 aromatic heterocycles. The van der Waals surface area contributed by atoms with Gasteiger partial charge in [-0.1, -0.05) is 26.8 Å². The fourth-order valence-corrected chi connectivity index (χ4v) is 2.41. The summed E-state index contributed by atoms with van der Waals surface area (Å²) in [5.74, 6) is -0.542. The Morgan fingerprint density at radius 2 is 2.11 bits per heavy atom. The summed E-state index contributed by atoms with van der Waals surface area (Å²) < 4.78 is 5.49. The highest BCUT2D eigenvalue weighted by Crippen LogP contribution is 2.36. The van der Waals surface area contributed by atoms with E-state index in [2.05, 4.69) is 26.8 Å². The second-order valence-corrected chi connectivity index (χ2v) is 5.90. The minimum atomic E-state index is -0.399. The second kappa shape index (κ2) is 6.17. The number of hydrogen-bond donors (Lipinski definition) is 0. The van der Waals surface area contributed by atoms with Crippen LogP contribution in [0, 0.1) is 5.41 Å². The summed E-state index contributed by atoms with van der Waals surface area (Å²) in [5, 5.41) is 0. The number of Topliss-reactive ketones (excluding diaryl/α,β-unsaturated/α-hetero) is 1. The van der Waals surface area contributed by atoms with E-state index in [1.54, 1.807) is 0 Å². The lowest BCUT2D eigenvalue weighted by atomic mass is 9.83. The maximum Gasteiger partial charge on any atom is 0.313 e. The van der Waals surface area contributed by atoms with Crippen molar-refractivity contribution in [3.05, 3.63) is 11.6 Å². The highest BCUT2D eigenvalue weighted by atomic mass is 16.5. The van der Waals surface area contributed by atoms with Crippen LogP contribution in [-0.2, 0) is 14.3 Å². The summed E-state index contributed by atoms with van der Waals surface area (Å²) in [6.07, 6.45) is 5.81. The van der Waals surface area contributed by atoms with E-state index in [1.807, 2.05) is 0 Å². The Morgan fingerprint density at radius 3 is 2.67 bits per heavy atom. The summed E-state index contributed by atoms with van der Waals surface area (Å²) in [4.78, 5) is 22.6. The van der Waals surface area contributed by atoms with Gasteiger partial charge in [0.25, 0.3) is 0 Å². The first-order chi connectivity index (χ1) is 8.34. The van der Waals surface area contributed by atoms with Crippen LogP contribution < -0.4 is 0 Å². The zero-order valence-corrected chi connectivity index (χ0v) is 11.9. The molecule has 0 bridgehead atoms. The molecule has 102 valence electrons. The molecule has 0 aliphatic heterocycles. The molecule has 0 fully saturated rings. The van der Waals surface area contributed by atoms with Crippen LogP contribution in [0.3, 0.4) is 0 Å². The van der Waals surface area contributed by atoms with Crippen molar-refractivity contribution >= 4 is 11.8 Å². The van der Waals surface area contributed by atoms with Gasteiger partial charge in [0.1, 0.15) is 18.3 Å². The first kappa shape index (κ1) is 14.9. The van der Waals surface area contributed by atoms with Crippen molar-refractivity contribution in [2.45, 2.75) is 65.9 Å². The van der Waals surface area contributed by atoms with Gasteiger partial charge < -0.3 is 4.74 Å². The summed E-state index contributed by atoms with van der Waals surface area (Å²) in [7, 11) is 0. The van der Waals surface area contributed by atoms with Crippen molar-refractivity contribution in [2.24, 2.45) is 5.41 Å². The summed E-state index contributed by atoms with van der Waals surface area (Å²) in [6, 6.07) is 0. The molecule has 0 heterocycles. The van der Waals surface area contributed by atoms with Crippen molar-refractivity contribution in [2.75, 3.05) is 0 Å². The van der Waals surface area contributed by atoms with Crippen LogP contribution in [-0.4, -0.2) is 17.9 Å². The predicted octanol–water partition coefficient (Wildman–Crippen LogP) is 3.42. The van der Waals surface area contributed by atoms with E-state index >= 15 is 0 Å². The zero-order valence-electron chi connectivity index (χ0n) is 11.9. The van der Waals surface area contributed by atoms with Crippen LogP contribution in [0.25, 0.3) is 0 Å². The van der Waals surface area contributed by atoms with Crippen molar-refractivity contribution in [3.8, 4) is 0 Å². The Kier molecular flexibility index (Phi) is 5.12. The Hall–Kier alpha value is -1.12. The van der Waals surface area contributed by atoms with Gasteiger partial charge in [0.2, 0.25) is 0 Å². The standard InChI is InChI=1S/C15H24O3/c1-5-12-7-6-8-15(3,4)10-13(12)18-14(17)9-11(2)16/h7,13H,5-6,8-10H2,1-4H3. The number of rotatable bonds is 4.